The minimum atomic E-state index is -0.324. The number of hydrogen-bond donors (Lipinski definition) is 2. The third-order valence-electron chi connectivity index (χ3n) is 3.37. The van der Waals surface area contributed by atoms with E-state index in [1.807, 2.05) is 12.1 Å². The number of anilines is 1. The molecular weight excluding hydrogens is 428 g/mol. The molecule has 3 aromatic rings. The Balaban J connectivity index is 2.16. The number of hydrogen-bond acceptors (Lipinski definition) is 5. The van der Waals surface area contributed by atoms with Crippen molar-refractivity contribution in [3.05, 3.63) is 54.8 Å². The van der Waals surface area contributed by atoms with Gasteiger partial charge in [0, 0.05) is 12.6 Å². The van der Waals surface area contributed by atoms with Crippen LogP contribution in [-0.4, -0.2) is 22.1 Å². The molecule has 0 radical (unpaired) electrons. The van der Waals surface area contributed by atoms with Crippen molar-refractivity contribution >= 4 is 48.8 Å². The second kappa shape index (κ2) is 6.29. The van der Waals surface area contributed by atoms with Gasteiger partial charge < -0.3 is 15.5 Å². The first-order valence-electron chi connectivity index (χ1n) is 6.65. The van der Waals surface area contributed by atoms with E-state index in [1.54, 1.807) is 13.2 Å². The smallest absolute Gasteiger partial charge is 0.275 e. The van der Waals surface area contributed by atoms with Crippen LogP contribution in [0.15, 0.2) is 38.1 Å². The number of aromatic nitrogens is 3. The Morgan fingerprint density at radius 2 is 2.00 bits per heavy atom. The summed E-state index contributed by atoms with van der Waals surface area (Å²) < 4.78 is 6.88. The summed E-state index contributed by atoms with van der Waals surface area (Å²) in [6.07, 6.45) is 1.83. The minimum absolute atomic E-state index is 0.268. The molecule has 0 bridgehead atoms. The lowest BCUT2D eigenvalue weighted by Crippen LogP contribution is -2.10. The van der Waals surface area contributed by atoms with Gasteiger partial charge in [-0.25, -0.2) is 9.97 Å². The first kappa shape index (κ1) is 15.9. The molecule has 6 nitrogen and oxygen atoms in total. The van der Waals surface area contributed by atoms with Gasteiger partial charge in [0.15, 0.2) is 5.95 Å². The fourth-order valence-corrected chi connectivity index (χ4v) is 3.99. The molecule has 0 aliphatic heterocycles. The van der Waals surface area contributed by atoms with E-state index >= 15 is 0 Å². The van der Waals surface area contributed by atoms with E-state index in [-0.39, 0.29) is 11.5 Å². The Kier molecular flexibility index (Phi) is 4.36. The van der Waals surface area contributed by atoms with Crippen LogP contribution in [0.5, 0.6) is 5.75 Å². The fraction of sp³-hybridized carbons (Fsp3) is 0.133. The molecule has 0 saturated carbocycles. The predicted octanol–water partition coefficient (Wildman–Crippen LogP) is 3.02. The summed E-state index contributed by atoms with van der Waals surface area (Å²) in [6, 6.07) is 5.49. The van der Waals surface area contributed by atoms with Crippen molar-refractivity contribution in [2.45, 2.75) is 6.42 Å². The van der Waals surface area contributed by atoms with E-state index in [0.717, 1.165) is 14.5 Å². The van der Waals surface area contributed by atoms with E-state index in [0.29, 0.717) is 28.8 Å². The lowest BCUT2D eigenvalue weighted by molar-refractivity contribution is 0.409. The van der Waals surface area contributed by atoms with Crippen molar-refractivity contribution in [1.29, 1.82) is 0 Å². The molecule has 0 amide bonds. The zero-order valence-corrected chi connectivity index (χ0v) is 15.2. The topological polar surface area (TPSA) is 93.9 Å². The number of nitrogen functional groups attached to an aromatic ring is 1. The third-order valence-corrected chi connectivity index (χ3v) is 4.55. The number of benzene rings is 1. The summed E-state index contributed by atoms with van der Waals surface area (Å²) in [4.78, 5) is 23.3. The molecular formula is C15H12Br2N4O2. The quantitative estimate of drug-likeness (QED) is 0.654. The first-order chi connectivity index (χ1) is 11.0. The van der Waals surface area contributed by atoms with Crippen LogP contribution >= 0.6 is 31.9 Å². The molecule has 3 N–H and O–H groups in total. The first-order valence-corrected chi connectivity index (χ1v) is 8.23. The van der Waals surface area contributed by atoms with Gasteiger partial charge in [0.2, 0.25) is 0 Å². The number of halogens is 2. The molecule has 23 heavy (non-hydrogen) atoms. The van der Waals surface area contributed by atoms with Crippen LogP contribution < -0.4 is 16.0 Å². The molecule has 0 aliphatic rings. The second-order valence-electron chi connectivity index (χ2n) is 4.88. The van der Waals surface area contributed by atoms with Gasteiger partial charge >= 0.3 is 0 Å². The number of nitrogens with zero attached hydrogens (tertiary/aromatic N) is 2. The number of ether oxygens (including phenoxy) is 1. The average molecular weight is 440 g/mol. The lowest BCUT2D eigenvalue weighted by atomic mass is 10.1. The molecule has 2 aromatic heterocycles. The van der Waals surface area contributed by atoms with Crippen LogP contribution in [-0.2, 0) is 6.42 Å². The summed E-state index contributed by atoms with van der Waals surface area (Å²) in [6.45, 7) is 0. The number of H-pyrrole nitrogens is 1. The molecule has 0 fully saturated rings. The van der Waals surface area contributed by atoms with E-state index in [1.165, 1.54) is 6.20 Å². The van der Waals surface area contributed by atoms with Crippen molar-refractivity contribution in [2.24, 2.45) is 0 Å². The number of imidazole rings is 1. The third kappa shape index (κ3) is 3.09. The number of aromatic amines is 1. The molecule has 1 aromatic carbocycles. The van der Waals surface area contributed by atoms with Gasteiger partial charge in [0.25, 0.3) is 5.56 Å². The van der Waals surface area contributed by atoms with E-state index in [4.69, 9.17) is 10.5 Å². The highest BCUT2D eigenvalue weighted by molar-refractivity contribution is 9.11. The normalized spacial score (nSPS) is 10.9. The van der Waals surface area contributed by atoms with E-state index in [2.05, 4.69) is 46.8 Å². The van der Waals surface area contributed by atoms with Crippen molar-refractivity contribution < 1.29 is 4.74 Å². The SMILES string of the molecule is COc1c(Br)cc(Cc2c(=O)nccc3[nH]c(N)nc23)cc1Br. The maximum atomic E-state index is 12.3. The van der Waals surface area contributed by atoms with Crippen LogP contribution in [0.25, 0.3) is 11.0 Å². The number of nitrogens with two attached hydrogens (primary N) is 1. The number of rotatable bonds is 3. The van der Waals surface area contributed by atoms with Gasteiger partial charge in [-0.15, -0.1) is 0 Å². The van der Waals surface area contributed by atoms with Gasteiger partial charge in [0.05, 0.1) is 32.7 Å². The van der Waals surface area contributed by atoms with E-state index < -0.39 is 0 Å². The molecule has 2 heterocycles. The molecule has 3 rings (SSSR count). The van der Waals surface area contributed by atoms with Crippen LogP contribution in [0.1, 0.15) is 11.1 Å². The Morgan fingerprint density at radius 3 is 2.65 bits per heavy atom. The average Bonchev–Trinajstić information content (AvgIpc) is 2.78. The highest BCUT2D eigenvalue weighted by Gasteiger charge is 2.13. The summed E-state index contributed by atoms with van der Waals surface area (Å²) in [5.74, 6) is 0.964. The largest absolute Gasteiger partial charge is 0.494 e. The van der Waals surface area contributed by atoms with Gasteiger partial charge in [0.1, 0.15) is 5.75 Å². The maximum absolute atomic E-state index is 12.3. The Morgan fingerprint density at radius 1 is 1.30 bits per heavy atom. The lowest BCUT2D eigenvalue weighted by Gasteiger charge is -2.08. The van der Waals surface area contributed by atoms with Gasteiger partial charge in [-0.1, -0.05) is 0 Å². The fourth-order valence-electron chi connectivity index (χ4n) is 2.39. The van der Waals surface area contributed by atoms with E-state index in [9.17, 15) is 4.79 Å². The molecule has 0 aliphatic carbocycles. The predicted molar refractivity (Wildman–Crippen MR) is 95.8 cm³/mol. The molecule has 0 spiro atoms. The Hall–Kier alpha value is -1.93. The van der Waals surface area contributed by atoms with Crippen LogP contribution in [0.3, 0.4) is 0 Å². The summed E-state index contributed by atoms with van der Waals surface area (Å²) in [5, 5.41) is 0. The maximum Gasteiger partial charge on any atom is 0.275 e. The number of nitrogens with one attached hydrogen (secondary N) is 1. The molecule has 0 unspecified atom stereocenters. The molecule has 118 valence electrons. The zero-order valence-electron chi connectivity index (χ0n) is 12.1. The van der Waals surface area contributed by atoms with Crippen LogP contribution in [0.2, 0.25) is 0 Å². The van der Waals surface area contributed by atoms with Gasteiger partial charge in [-0.3, -0.25) is 4.79 Å². The van der Waals surface area contributed by atoms with Crippen molar-refractivity contribution in [3.63, 3.8) is 0 Å². The molecule has 0 saturated heterocycles. The summed E-state index contributed by atoms with van der Waals surface area (Å²) in [7, 11) is 1.59. The highest BCUT2D eigenvalue weighted by atomic mass is 79.9. The van der Waals surface area contributed by atoms with Crippen molar-refractivity contribution in [3.8, 4) is 5.75 Å². The van der Waals surface area contributed by atoms with Gasteiger partial charge in [-0.2, -0.15) is 0 Å². The summed E-state index contributed by atoms with van der Waals surface area (Å²) >= 11 is 6.93. The van der Waals surface area contributed by atoms with Crippen molar-refractivity contribution in [1.82, 2.24) is 15.0 Å². The van der Waals surface area contributed by atoms with Crippen LogP contribution in [0.4, 0.5) is 5.95 Å². The second-order valence-corrected chi connectivity index (χ2v) is 6.59. The standard InChI is InChI=1S/C15H12Br2N4O2/c1-23-13-9(16)5-7(6-10(13)17)4-8-12-11(20-15(18)21-12)2-3-19-14(8)22/h2-3,5-6H,4H2,1H3,(H3,18,20,21). The number of fused-ring (bicyclic) bond motifs is 1. The summed E-state index contributed by atoms with van der Waals surface area (Å²) in [5.41, 5.74) is 8.00. The molecule has 0 atom stereocenters. The highest BCUT2D eigenvalue weighted by Crippen LogP contribution is 2.35. The minimum Gasteiger partial charge on any atom is -0.494 e. The Labute approximate surface area is 148 Å². The van der Waals surface area contributed by atoms with Crippen molar-refractivity contribution in [2.75, 3.05) is 12.8 Å². The van der Waals surface area contributed by atoms with Crippen LogP contribution in [0, 0.1) is 0 Å². The Bertz CT molecular complexity index is 933. The monoisotopic (exact) mass is 438 g/mol. The molecule has 8 heteroatoms. The number of methoxy groups -OCH3 is 1. The van der Waals surface area contributed by atoms with Gasteiger partial charge in [-0.05, 0) is 55.6 Å². The zero-order chi connectivity index (χ0) is 16.6.